The fourth-order valence-electron chi connectivity index (χ4n) is 5.96. The minimum atomic E-state index is -0.165. The highest BCUT2D eigenvalue weighted by molar-refractivity contribution is 5.98. The molecule has 0 radical (unpaired) electrons. The van der Waals surface area contributed by atoms with Gasteiger partial charge < -0.3 is 4.90 Å². The van der Waals surface area contributed by atoms with E-state index in [4.69, 9.17) is 0 Å². The minimum Gasteiger partial charge on any atom is -0.305 e. The van der Waals surface area contributed by atoms with Crippen LogP contribution in [0.15, 0.2) is 42.0 Å². The van der Waals surface area contributed by atoms with Gasteiger partial charge in [0, 0.05) is 24.9 Å². The third kappa shape index (κ3) is 2.08. The van der Waals surface area contributed by atoms with Crippen molar-refractivity contribution in [3.63, 3.8) is 0 Å². The van der Waals surface area contributed by atoms with Gasteiger partial charge in [0.25, 0.3) is 0 Å². The number of carbonyl (C=O) groups is 1. The number of nitrogens with zero attached hydrogens (tertiary/aromatic N) is 1. The minimum absolute atomic E-state index is 0.165. The monoisotopic (exact) mass is 323 g/mol. The molecule has 1 aromatic carbocycles. The molecular formula is C22H29NO. The van der Waals surface area contributed by atoms with Crippen molar-refractivity contribution >= 4 is 5.78 Å². The normalized spacial score (nSPS) is 35.8. The van der Waals surface area contributed by atoms with Gasteiger partial charge >= 0.3 is 0 Å². The number of Topliss-reactive ketones (excluding diaryl/α,β-unsaturated/α-hetero) is 1. The first-order valence-electron chi connectivity index (χ1n) is 9.36. The fraction of sp³-hybridized carbons (Fsp3) is 0.591. The predicted octanol–water partition coefficient (Wildman–Crippen LogP) is 3.97. The molecule has 1 aromatic rings. The van der Waals surface area contributed by atoms with E-state index >= 15 is 0 Å². The summed E-state index contributed by atoms with van der Waals surface area (Å²) in [5, 5.41) is 0. The summed E-state index contributed by atoms with van der Waals surface area (Å²) in [6.45, 7) is 8.87. The zero-order chi connectivity index (χ0) is 17.1. The summed E-state index contributed by atoms with van der Waals surface area (Å²) in [4.78, 5) is 15.6. The number of allylic oxidation sites excluding steroid dienone is 1. The van der Waals surface area contributed by atoms with Gasteiger partial charge in [0.2, 0.25) is 0 Å². The van der Waals surface area contributed by atoms with Crippen LogP contribution in [0.4, 0.5) is 0 Å². The molecule has 2 fully saturated rings. The molecule has 2 saturated carbocycles. The second-order valence-corrected chi connectivity index (χ2v) is 8.85. The Kier molecular flexibility index (Phi) is 3.55. The Morgan fingerprint density at radius 2 is 1.92 bits per heavy atom. The summed E-state index contributed by atoms with van der Waals surface area (Å²) in [6.07, 6.45) is 4.56. The summed E-state index contributed by atoms with van der Waals surface area (Å²) < 4.78 is 0. The van der Waals surface area contributed by atoms with E-state index in [1.165, 1.54) is 11.1 Å². The Hall–Kier alpha value is -1.41. The molecule has 0 saturated heterocycles. The van der Waals surface area contributed by atoms with Crippen LogP contribution in [0.1, 0.15) is 32.8 Å². The van der Waals surface area contributed by atoms with Crippen molar-refractivity contribution in [1.29, 1.82) is 0 Å². The molecule has 0 heterocycles. The molecule has 0 spiro atoms. The van der Waals surface area contributed by atoms with Gasteiger partial charge in [-0.3, -0.25) is 4.79 Å². The van der Waals surface area contributed by atoms with E-state index in [1.807, 2.05) is 0 Å². The lowest BCUT2D eigenvalue weighted by atomic mass is 9.59. The number of fused-ring (bicyclic) bond motifs is 2. The molecule has 4 unspecified atom stereocenters. The molecular weight excluding hydrogens is 294 g/mol. The molecule has 0 N–H and O–H groups in total. The van der Waals surface area contributed by atoms with Crippen LogP contribution in [0.3, 0.4) is 0 Å². The highest BCUT2D eigenvalue weighted by Gasteiger charge is 2.76. The van der Waals surface area contributed by atoms with Crippen LogP contribution in [0.25, 0.3) is 0 Å². The first-order chi connectivity index (χ1) is 11.4. The number of ketones is 1. The molecule has 3 aliphatic rings. The Morgan fingerprint density at radius 1 is 1.21 bits per heavy atom. The second-order valence-electron chi connectivity index (χ2n) is 8.85. The van der Waals surface area contributed by atoms with E-state index in [0.29, 0.717) is 17.6 Å². The summed E-state index contributed by atoms with van der Waals surface area (Å²) in [5.74, 6) is 1.75. The lowest BCUT2D eigenvalue weighted by Gasteiger charge is -2.45. The summed E-state index contributed by atoms with van der Waals surface area (Å²) in [5.41, 5.74) is 2.95. The van der Waals surface area contributed by atoms with E-state index < -0.39 is 0 Å². The van der Waals surface area contributed by atoms with Crippen molar-refractivity contribution in [3.05, 3.63) is 47.5 Å². The maximum atomic E-state index is 13.2. The standard InChI is InChI=1S/C22H29NO/c1-15-17-10-11-18-19(21(17,2)3)22(18,20(15)24)14-23(4)13-12-16-8-6-5-7-9-16/h5-9,11,15,17,19H,10,12-14H2,1-4H3. The molecule has 4 rings (SSSR count). The number of benzene rings is 1. The number of hydrogen-bond acceptors (Lipinski definition) is 2. The highest BCUT2D eigenvalue weighted by atomic mass is 16.1. The zero-order valence-corrected chi connectivity index (χ0v) is 15.4. The fourth-order valence-corrected chi connectivity index (χ4v) is 5.96. The summed E-state index contributed by atoms with van der Waals surface area (Å²) in [6, 6.07) is 10.6. The molecule has 2 bridgehead atoms. The van der Waals surface area contributed by atoms with Crippen molar-refractivity contribution in [2.75, 3.05) is 20.1 Å². The first-order valence-corrected chi connectivity index (χ1v) is 9.36. The molecule has 0 amide bonds. The molecule has 24 heavy (non-hydrogen) atoms. The zero-order valence-electron chi connectivity index (χ0n) is 15.4. The average Bonchev–Trinajstić information content (AvgIpc) is 3.24. The van der Waals surface area contributed by atoms with Gasteiger partial charge in [0.1, 0.15) is 5.78 Å². The molecule has 4 atom stereocenters. The Balaban J connectivity index is 1.51. The van der Waals surface area contributed by atoms with Crippen LogP contribution in [0, 0.1) is 28.6 Å². The number of rotatable bonds is 5. The van der Waals surface area contributed by atoms with Crippen molar-refractivity contribution in [2.24, 2.45) is 28.6 Å². The summed E-state index contributed by atoms with van der Waals surface area (Å²) in [7, 11) is 2.18. The summed E-state index contributed by atoms with van der Waals surface area (Å²) >= 11 is 0. The number of likely N-dealkylation sites (N-methyl/N-ethyl adjacent to an activating group) is 1. The van der Waals surface area contributed by atoms with Gasteiger partial charge in [0.05, 0.1) is 5.41 Å². The lowest BCUT2D eigenvalue weighted by Crippen LogP contribution is -2.48. The van der Waals surface area contributed by atoms with Crippen LogP contribution in [0.5, 0.6) is 0 Å². The van der Waals surface area contributed by atoms with E-state index in [9.17, 15) is 4.79 Å². The number of hydrogen-bond donors (Lipinski definition) is 0. The lowest BCUT2D eigenvalue weighted by molar-refractivity contribution is -0.137. The second kappa shape index (κ2) is 5.29. The maximum Gasteiger partial charge on any atom is 0.148 e. The molecule has 2 nitrogen and oxygen atoms in total. The quantitative estimate of drug-likeness (QED) is 0.764. The Labute approximate surface area is 145 Å². The third-order valence-corrected chi connectivity index (χ3v) is 7.13. The molecule has 3 aliphatic carbocycles. The predicted molar refractivity (Wildman–Crippen MR) is 97.7 cm³/mol. The van der Waals surface area contributed by atoms with Gasteiger partial charge in [0.15, 0.2) is 0 Å². The smallest absolute Gasteiger partial charge is 0.148 e. The van der Waals surface area contributed by atoms with Crippen molar-refractivity contribution in [1.82, 2.24) is 4.90 Å². The van der Waals surface area contributed by atoms with Gasteiger partial charge in [-0.15, -0.1) is 0 Å². The molecule has 0 aliphatic heterocycles. The van der Waals surface area contributed by atoms with Gasteiger partial charge in [-0.25, -0.2) is 0 Å². The third-order valence-electron chi connectivity index (χ3n) is 7.13. The van der Waals surface area contributed by atoms with E-state index in [2.05, 4.69) is 69.1 Å². The maximum absolute atomic E-state index is 13.2. The van der Waals surface area contributed by atoms with Crippen molar-refractivity contribution in [2.45, 2.75) is 33.6 Å². The topological polar surface area (TPSA) is 20.3 Å². The highest BCUT2D eigenvalue weighted by Crippen LogP contribution is 2.75. The van der Waals surface area contributed by atoms with Gasteiger partial charge in [-0.1, -0.05) is 62.8 Å². The van der Waals surface area contributed by atoms with E-state index in [1.54, 1.807) is 0 Å². The van der Waals surface area contributed by atoms with E-state index in [-0.39, 0.29) is 16.7 Å². The molecule has 128 valence electrons. The average molecular weight is 323 g/mol. The van der Waals surface area contributed by atoms with Crippen LogP contribution in [0.2, 0.25) is 0 Å². The van der Waals surface area contributed by atoms with E-state index in [0.717, 1.165) is 25.9 Å². The molecule has 2 heteroatoms. The molecule has 0 aromatic heterocycles. The van der Waals surface area contributed by atoms with Crippen molar-refractivity contribution in [3.8, 4) is 0 Å². The Morgan fingerprint density at radius 3 is 2.62 bits per heavy atom. The van der Waals surface area contributed by atoms with Crippen molar-refractivity contribution < 1.29 is 4.79 Å². The SMILES string of the molecule is CC1C(=O)C2(CN(C)CCc3ccccc3)C3=CCC1C(C)(C)C32. The Bertz CT molecular complexity index is 689. The first kappa shape index (κ1) is 16.1. The largest absolute Gasteiger partial charge is 0.305 e. The van der Waals surface area contributed by atoms with Crippen LogP contribution in [-0.4, -0.2) is 30.8 Å². The van der Waals surface area contributed by atoms with Crippen LogP contribution >= 0.6 is 0 Å². The van der Waals surface area contributed by atoms with Gasteiger partial charge in [-0.2, -0.15) is 0 Å². The van der Waals surface area contributed by atoms with Crippen LogP contribution < -0.4 is 0 Å². The van der Waals surface area contributed by atoms with Gasteiger partial charge in [-0.05, 0) is 36.8 Å². The number of carbonyl (C=O) groups excluding carboxylic acids is 1. The van der Waals surface area contributed by atoms with Crippen LogP contribution in [-0.2, 0) is 11.2 Å².